The van der Waals surface area contributed by atoms with Crippen LogP contribution >= 0.6 is 0 Å². The van der Waals surface area contributed by atoms with Crippen LogP contribution in [0.5, 0.6) is 17.2 Å². The van der Waals surface area contributed by atoms with E-state index in [-0.39, 0.29) is 39.5 Å². The van der Waals surface area contributed by atoms with Crippen LogP contribution in [0.25, 0.3) is 0 Å². The Morgan fingerprint density at radius 1 is 1.13 bits per heavy atom. The van der Waals surface area contributed by atoms with Crippen LogP contribution in [0, 0.1) is 6.92 Å². The van der Waals surface area contributed by atoms with E-state index >= 15 is 0 Å². The smallest absolute Gasteiger partial charge is 0.194 e. The third-order valence-electron chi connectivity index (χ3n) is 7.37. The Morgan fingerprint density at radius 3 is 2.42 bits per heavy atom. The summed E-state index contributed by atoms with van der Waals surface area (Å²) in [6.45, 7) is 5.88. The third kappa shape index (κ3) is 3.46. The Balaban J connectivity index is 1.66. The molecule has 0 fully saturated rings. The first-order chi connectivity index (χ1) is 18.0. The van der Waals surface area contributed by atoms with Crippen LogP contribution in [0.1, 0.15) is 59.7 Å². The summed E-state index contributed by atoms with van der Waals surface area (Å²) in [6, 6.07) is 9.05. The average Bonchev–Trinajstić information content (AvgIpc) is 3.42. The minimum absolute atomic E-state index is 0.00874. The third-order valence-corrected chi connectivity index (χ3v) is 7.37. The van der Waals surface area contributed by atoms with E-state index in [0.29, 0.717) is 11.5 Å². The molecule has 3 aromatic rings. The van der Waals surface area contributed by atoms with E-state index in [2.05, 4.69) is 10.3 Å². The minimum atomic E-state index is -1.58. The summed E-state index contributed by atoms with van der Waals surface area (Å²) >= 11 is 0. The van der Waals surface area contributed by atoms with Gasteiger partial charge < -0.3 is 24.8 Å². The van der Waals surface area contributed by atoms with Gasteiger partial charge in [0.2, 0.25) is 0 Å². The summed E-state index contributed by atoms with van der Waals surface area (Å²) in [6.07, 6.45) is 4.68. The Labute approximate surface area is 219 Å². The predicted molar refractivity (Wildman–Crippen MR) is 138 cm³/mol. The van der Waals surface area contributed by atoms with E-state index in [1.807, 2.05) is 48.1 Å². The Hall–Kier alpha value is -4.66. The zero-order valence-corrected chi connectivity index (χ0v) is 21.6. The Bertz CT molecular complexity index is 1600. The number of phenolic OH excluding ortho intramolecular Hbond substituents is 2. The molecule has 9 heteroatoms. The lowest BCUT2D eigenvalue weighted by atomic mass is 9.70. The topological polar surface area (TPSA) is 131 Å². The molecule has 1 unspecified atom stereocenters. The highest BCUT2D eigenvalue weighted by Crippen LogP contribution is 2.57. The lowest BCUT2D eigenvalue weighted by molar-refractivity contribution is -0.123. The first-order valence-corrected chi connectivity index (χ1v) is 12.1. The van der Waals surface area contributed by atoms with Gasteiger partial charge in [-0.25, -0.2) is 4.98 Å². The fourth-order valence-electron chi connectivity index (χ4n) is 5.25. The number of aromatic nitrogens is 2. The molecule has 0 saturated heterocycles. The molecule has 0 radical (unpaired) electrons. The summed E-state index contributed by atoms with van der Waals surface area (Å²) in [5.74, 6) is -1.90. The van der Waals surface area contributed by atoms with Gasteiger partial charge in [0, 0.05) is 36.8 Å². The number of aryl methyl sites for hydroxylation is 1. The number of ether oxygens (including phenoxy) is 1. The van der Waals surface area contributed by atoms with E-state index in [9.17, 15) is 24.6 Å². The molecule has 2 atom stereocenters. The number of carbonyl (C=O) groups is 3. The summed E-state index contributed by atoms with van der Waals surface area (Å²) in [5, 5.41) is 24.9. The molecule has 2 aromatic carbocycles. The number of nitrogens with one attached hydrogen (secondary N) is 1. The molecule has 3 N–H and O–H groups in total. The van der Waals surface area contributed by atoms with Gasteiger partial charge in [-0.05, 0) is 33.3 Å². The number of hydrogen-bond acceptors (Lipinski definition) is 8. The fraction of sp³-hybridized carbons (Fsp3) is 0.241. The number of aromatic hydroxyl groups is 2. The zero-order chi connectivity index (χ0) is 27.5. The highest BCUT2D eigenvalue weighted by Gasteiger charge is 2.56. The number of allylic oxidation sites excluding steroid dienone is 4. The van der Waals surface area contributed by atoms with Gasteiger partial charge in [-0.1, -0.05) is 30.3 Å². The molecule has 0 amide bonds. The first-order valence-electron chi connectivity index (χ1n) is 12.1. The largest absolute Gasteiger partial charge is 0.507 e. The highest BCUT2D eigenvalue weighted by molar-refractivity contribution is 6.31. The van der Waals surface area contributed by atoms with Crippen LogP contribution in [0.4, 0.5) is 0 Å². The van der Waals surface area contributed by atoms with E-state index in [1.54, 1.807) is 20.0 Å². The number of nitrogens with zero attached hydrogens (tertiary/aromatic N) is 2. The Kier molecular flexibility index (Phi) is 5.74. The number of hydrogen-bond donors (Lipinski definition) is 3. The average molecular weight is 514 g/mol. The quantitative estimate of drug-likeness (QED) is 0.268. The van der Waals surface area contributed by atoms with Crippen molar-refractivity contribution >= 4 is 17.3 Å². The maximum atomic E-state index is 14.1. The highest BCUT2D eigenvalue weighted by atomic mass is 16.5. The van der Waals surface area contributed by atoms with Crippen LogP contribution in [0.2, 0.25) is 0 Å². The first kappa shape index (κ1) is 25.0. The van der Waals surface area contributed by atoms with Crippen molar-refractivity contribution in [3.8, 4) is 17.2 Å². The maximum Gasteiger partial charge on any atom is 0.194 e. The van der Waals surface area contributed by atoms with Gasteiger partial charge in [0.05, 0.1) is 11.1 Å². The SMILES string of the molecule is CC(=O)c1c(O)c(C)c(O)c2c1OC1=CC(=O)/C(=C(/C)NC(c3ccccc3)c3nccn3C)C(=O)[C@@]12C. The molecule has 1 aromatic heterocycles. The molecular formula is C29H27N3O6. The number of Topliss-reactive ketones (excluding diaryl/α,β-unsaturated/α-hetero) is 2. The zero-order valence-electron chi connectivity index (χ0n) is 21.6. The summed E-state index contributed by atoms with van der Waals surface area (Å²) in [7, 11) is 1.86. The van der Waals surface area contributed by atoms with E-state index in [1.165, 1.54) is 19.9 Å². The number of phenols is 2. The number of fused-ring (bicyclic) bond motifs is 3. The molecule has 5 rings (SSSR count). The van der Waals surface area contributed by atoms with Crippen LogP contribution in [-0.4, -0.2) is 37.1 Å². The number of benzene rings is 2. The summed E-state index contributed by atoms with van der Waals surface area (Å²) < 4.78 is 7.69. The monoisotopic (exact) mass is 513 g/mol. The van der Waals surface area contributed by atoms with Gasteiger partial charge >= 0.3 is 0 Å². The van der Waals surface area contributed by atoms with Crippen LogP contribution in [-0.2, 0) is 22.1 Å². The predicted octanol–water partition coefficient (Wildman–Crippen LogP) is 3.68. The second kappa shape index (κ2) is 8.72. The molecule has 194 valence electrons. The lowest BCUT2D eigenvalue weighted by Gasteiger charge is -2.30. The van der Waals surface area contributed by atoms with Gasteiger partial charge in [-0.15, -0.1) is 0 Å². The van der Waals surface area contributed by atoms with Gasteiger partial charge in [-0.3, -0.25) is 14.4 Å². The molecule has 1 aliphatic carbocycles. The van der Waals surface area contributed by atoms with Crippen molar-refractivity contribution in [2.75, 3.05) is 0 Å². The summed E-state index contributed by atoms with van der Waals surface area (Å²) in [5.41, 5.74) is -0.531. The molecule has 0 bridgehead atoms. The normalized spacial score (nSPS) is 20.3. The maximum absolute atomic E-state index is 14.1. The molecule has 0 saturated carbocycles. The van der Waals surface area contributed by atoms with Gasteiger partial charge in [0.1, 0.15) is 45.9 Å². The molecule has 38 heavy (non-hydrogen) atoms. The van der Waals surface area contributed by atoms with E-state index < -0.39 is 34.6 Å². The van der Waals surface area contributed by atoms with Crippen molar-refractivity contribution in [1.82, 2.24) is 14.9 Å². The van der Waals surface area contributed by atoms with Crippen LogP contribution in [0.3, 0.4) is 0 Å². The lowest BCUT2D eigenvalue weighted by Crippen LogP contribution is -2.41. The van der Waals surface area contributed by atoms with Crippen molar-refractivity contribution in [3.63, 3.8) is 0 Å². The fourth-order valence-corrected chi connectivity index (χ4v) is 5.25. The Morgan fingerprint density at radius 2 is 1.82 bits per heavy atom. The molecule has 0 spiro atoms. The van der Waals surface area contributed by atoms with Crippen LogP contribution < -0.4 is 10.1 Å². The van der Waals surface area contributed by atoms with E-state index in [0.717, 1.165) is 5.56 Å². The summed E-state index contributed by atoms with van der Waals surface area (Å²) in [4.78, 5) is 44.3. The molecule has 2 aliphatic rings. The van der Waals surface area contributed by atoms with E-state index in [4.69, 9.17) is 4.74 Å². The van der Waals surface area contributed by atoms with Gasteiger partial charge in [0.15, 0.2) is 17.3 Å². The van der Waals surface area contributed by atoms with Crippen molar-refractivity contribution in [3.05, 3.63) is 93.9 Å². The molecule has 9 nitrogen and oxygen atoms in total. The molecular weight excluding hydrogens is 486 g/mol. The number of ketones is 3. The van der Waals surface area contributed by atoms with Gasteiger partial charge in [0.25, 0.3) is 0 Å². The second-order valence-corrected chi connectivity index (χ2v) is 9.77. The number of rotatable bonds is 5. The standard InChI is InChI=1S/C29H27N3O6/c1-14-24(35)21(16(3)33)26-22(25(14)36)29(4)19(38-26)13-18(34)20(27(29)37)15(2)31-23(17-9-7-6-8-10-17)28-30-11-12-32(28)5/h6-13,23,31,35-36H,1-5H3/b20-15+/t23?,29-/m0/s1. The number of carbonyl (C=O) groups excluding carboxylic acids is 3. The van der Waals surface area contributed by atoms with Crippen molar-refractivity contribution < 1.29 is 29.3 Å². The number of imidazole rings is 1. The molecule has 1 aliphatic heterocycles. The second-order valence-electron chi connectivity index (χ2n) is 9.77. The van der Waals surface area contributed by atoms with Crippen LogP contribution in [0.15, 0.2) is 65.8 Å². The van der Waals surface area contributed by atoms with Crippen molar-refractivity contribution in [2.24, 2.45) is 7.05 Å². The molecule has 2 heterocycles. The van der Waals surface area contributed by atoms with Gasteiger partial charge in [-0.2, -0.15) is 0 Å². The van der Waals surface area contributed by atoms with Crippen molar-refractivity contribution in [1.29, 1.82) is 0 Å². The minimum Gasteiger partial charge on any atom is -0.507 e. The van der Waals surface area contributed by atoms with Crippen molar-refractivity contribution in [2.45, 2.75) is 39.2 Å².